The molecular formula is C14H20N2O3. The number of benzene rings is 1. The van der Waals surface area contributed by atoms with Gasteiger partial charge in [-0.2, -0.15) is 0 Å². The predicted molar refractivity (Wildman–Crippen MR) is 72.9 cm³/mol. The van der Waals surface area contributed by atoms with E-state index < -0.39 is 18.0 Å². The van der Waals surface area contributed by atoms with E-state index in [-0.39, 0.29) is 0 Å². The summed E-state index contributed by atoms with van der Waals surface area (Å²) < 4.78 is 0. The molecule has 5 heteroatoms. The fourth-order valence-corrected chi connectivity index (χ4v) is 1.69. The normalized spacial score (nSPS) is 11.6. The van der Waals surface area contributed by atoms with Gasteiger partial charge in [-0.05, 0) is 12.0 Å². The summed E-state index contributed by atoms with van der Waals surface area (Å²) >= 11 is 0. The second-order valence-corrected chi connectivity index (χ2v) is 4.29. The number of carboxylic acids is 1. The Morgan fingerprint density at radius 2 is 1.89 bits per heavy atom. The third kappa shape index (κ3) is 5.42. The highest BCUT2D eigenvalue weighted by Crippen LogP contribution is 2.12. The molecule has 1 aromatic rings. The summed E-state index contributed by atoms with van der Waals surface area (Å²) in [4.78, 5) is 22.8. The van der Waals surface area contributed by atoms with Gasteiger partial charge in [0.1, 0.15) is 0 Å². The minimum absolute atomic E-state index is 0.452. The molecule has 0 saturated carbocycles. The Balaban J connectivity index is 2.51. The van der Waals surface area contributed by atoms with E-state index in [4.69, 9.17) is 5.11 Å². The number of carbonyl (C=O) groups is 2. The zero-order valence-corrected chi connectivity index (χ0v) is 11.1. The van der Waals surface area contributed by atoms with Crippen LogP contribution in [0.4, 0.5) is 4.79 Å². The first-order valence-corrected chi connectivity index (χ1v) is 6.47. The number of rotatable bonds is 7. The van der Waals surface area contributed by atoms with Gasteiger partial charge in [-0.15, -0.1) is 0 Å². The van der Waals surface area contributed by atoms with Crippen LogP contribution in [-0.2, 0) is 4.79 Å². The summed E-state index contributed by atoms with van der Waals surface area (Å²) in [5.41, 5.74) is 0.554. The molecule has 0 fully saturated rings. The molecule has 0 aromatic heterocycles. The van der Waals surface area contributed by atoms with E-state index in [1.165, 1.54) is 0 Å². The van der Waals surface area contributed by atoms with Gasteiger partial charge in [0, 0.05) is 6.54 Å². The van der Waals surface area contributed by atoms with Gasteiger partial charge in [-0.1, -0.05) is 50.1 Å². The van der Waals surface area contributed by atoms with Crippen molar-refractivity contribution in [3.05, 3.63) is 35.9 Å². The standard InChI is InChI=1S/C14H20N2O3/c1-2-3-7-10-15-14(19)16-12(13(17)18)11-8-5-4-6-9-11/h4-6,8-9,12H,2-3,7,10H2,1H3,(H,17,18)(H2,15,16,19). The Hall–Kier alpha value is -2.04. The molecule has 104 valence electrons. The fourth-order valence-electron chi connectivity index (χ4n) is 1.69. The topological polar surface area (TPSA) is 78.4 Å². The van der Waals surface area contributed by atoms with E-state index in [9.17, 15) is 9.59 Å². The second-order valence-electron chi connectivity index (χ2n) is 4.29. The Labute approximate surface area is 113 Å². The number of nitrogens with one attached hydrogen (secondary N) is 2. The molecule has 0 bridgehead atoms. The molecule has 0 aliphatic heterocycles. The number of carboxylic acid groups (broad SMARTS) is 1. The lowest BCUT2D eigenvalue weighted by Crippen LogP contribution is -2.41. The summed E-state index contributed by atoms with van der Waals surface area (Å²) in [6, 6.07) is 7.16. The lowest BCUT2D eigenvalue weighted by molar-refractivity contribution is -0.139. The van der Waals surface area contributed by atoms with Crippen molar-refractivity contribution in [2.45, 2.75) is 32.2 Å². The first-order valence-electron chi connectivity index (χ1n) is 6.47. The molecule has 5 nitrogen and oxygen atoms in total. The molecule has 0 saturated heterocycles. The van der Waals surface area contributed by atoms with E-state index in [0.717, 1.165) is 19.3 Å². The van der Waals surface area contributed by atoms with Crippen molar-refractivity contribution in [2.75, 3.05) is 6.54 Å². The summed E-state index contributed by atoms with van der Waals surface area (Å²) in [6.07, 6.45) is 3.01. The molecule has 3 N–H and O–H groups in total. The maximum atomic E-state index is 11.6. The van der Waals surface area contributed by atoms with Gasteiger partial charge in [-0.3, -0.25) is 0 Å². The molecule has 2 amide bonds. The highest BCUT2D eigenvalue weighted by atomic mass is 16.4. The van der Waals surface area contributed by atoms with Crippen LogP contribution < -0.4 is 10.6 Å². The van der Waals surface area contributed by atoms with Crippen LogP contribution >= 0.6 is 0 Å². The zero-order valence-electron chi connectivity index (χ0n) is 11.1. The van der Waals surface area contributed by atoms with Crippen molar-refractivity contribution in [2.24, 2.45) is 0 Å². The van der Waals surface area contributed by atoms with Crippen LogP contribution in [0, 0.1) is 0 Å². The molecule has 19 heavy (non-hydrogen) atoms. The Morgan fingerprint density at radius 3 is 2.47 bits per heavy atom. The molecule has 0 aliphatic carbocycles. The number of hydrogen-bond acceptors (Lipinski definition) is 2. The van der Waals surface area contributed by atoms with Gasteiger partial charge in [0.15, 0.2) is 6.04 Å². The van der Waals surface area contributed by atoms with Gasteiger partial charge in [-0.25, -0.2) is 9.59 Å². The number of carbonyl (C=O) groups excluding carboxylic acids is 1. The third-order valence-electron chi connectivity index (χ3n) is 2.72. The number of aliphatic carboxylic acids is 1. The van der Waals surface area contributed by atoms with Crippen molar-refractivity contribution in [3.63, 3.8) is 0 Å². The molecule has 1 rings (SSSR count). The fraction of sp³-hybridized carbons (Fsp3) is 0.429. The molecule has 1 atom stereocenters. The van der Waals surface area contributed by atoms with Crippen LogP contribution in [0.3, 0.4) is 0 Å². The highest BCUT2D eigenvalue weighted by molar-refractivity contribution is 5.83. The summed E-state index contributed by atoms with van der Waals surface area (Å²) in [5.74, 6) is -1.07. The smallest absolute Gasteiger partial charge is 0.330 e. The highest BCUT2D eigenvalue weighted by Gasteiger charge is 2.21. The summed E-state index contributed by atoms with van der Waals surface area (Å²) in [6.45, 7) is 2.64. The van der Waals surface area contributed by atoms with Crippen LogP contribution in [0.15, 0.2) is 30.3 Å². The average molecular weight is 264 g/mol. The van der Waals surface area contributed by atoms with Gasteiger partial charge < -0.3 is 15.7 Å². The van der Waals surface area contributed by atoms with Crippen LogP contribution in [0.25, 0.3) is 0 Å². The summed E-state index contributed by atoms with van der Waals surface area (Å²) in [5, 5.41) is 14.3. The number of unbranched alkanes of at least 4 members (excludes halogenated alkanes) is 2. The SMILES string of the molecule is CCCCCNC(=O)NC(C(=O)O)c1ccccc1. The molecule has 0 radical (unpaired) electrons. The van der Waals surface area contributed by atoms with Crippen LogP contribution in [0.1, 0.15) is 37.8 Å². The van der Waals surface area contributed by atoms with Gasteiger partial charge in [0.25, 0.3) is 0 Å². The molecular weight excluding hydrogens is 244 g/mol. The monoisotopic (exact) mass is 264 g/mol. The van der Waals surface area contributed by atoms with Crippen molar-refractivity contribution in [1.29, 1.82) is 0 Å². The van der Waals surface area contributed by atoms with E-state index in [1.807, 2.05) is 0 Å². The van der Waals surface area contributed by atoms with E-state index in [0.29, 0.717) is 12.1 Å². The summed E-state index contributed by atoms with van der Waals surface area (Å²) in [7, 11) is 0. The van der Waals surface area contributed by atoms with Crippen molar-refractivity contribution in [1.82, 2.24) is 10.6 Å². The van der Waals surface area contributed by atoms with E-state index >= 15 is 0 Å². The van der Waals surface area contributed by atoms with Crippen LogP contribution in [-0.4, -0.2) is 23.7 Å². The first-order chi connectivity index (χ1) is 9.15. The van der Waals surface area contributed by atoms with Crippen molar-refractivity contribution in [3.8, 4) is 0 Å². The number of amides is 2. The largest absolute Gasteiger partial charge is 0.479 e. The number of urea groups is 1. The average Bonchev–Trinajstić information content (AvgIpc) is 2.41. The molecule has 0 spiro atoms. The second kappa shape index (κ2) is 8.13. The van der Waals surface area contributed by atoms with Crippen LogP contribution in [0.2, 0.25) is 0 Å². The minimum Gasteiger partial charge on any atom is -0.479 e. The number of hydrogen-bond donors (Lipinski definition) is 3. The Morgan fingerprint density at radius 1 is 1.21 bits per heavy atom. The van der Waals surface area contributed by atoms with Gasteiger partial charge in [0.2, 0.25) is 0 Å². The van der Waals surface area contributed by atoms with E-state index in [1.54, 1.807) is 30.3 Å². The minimum atomic E-state index is -1.07. The van der Waals surface area contributed by atoms with Gasteiger partial charge >= 0.3 is 12.0 Å². The van der Waals surface area contributed by atoms with Crippen molar-refractivity contribution < 1.29 is 14.7 Å². The Bertz CT molecular complexity index is 406. The van der Waals surface area contributed by atoms with Crippen LogP contribution in [0.5, 0.6) is 0 Å². The third-order valence-corrected chi connectivity index (χ3v) is 2.72. The molecule has 1 aromatic carbocycles. The quantitative estimate of drug-likeness (QED) is 0.661. The Kier molecular flexibility index (Phi) is 6.43. The maximum absolute atomic E-state index is 11.6. The van der Waals surface area contributed by atoms with E-state index in [2.05, 4.69) is 17.6 Å². The van der Waals surface area contributed by atoms with Crippen molar-refractivity contribution >= 4 is 12.0 Å². The predicted octanol–water partition coefficient (Wildman–Crippen LogP) is 2.30. The molecule has 0 aliphatic rings. The maximum Gasteiger partial charge on any atom is 0.330 e. The lowest BCUT2D eigenvalue weighted by atomic mass is 10.1. The molecule has 0 heterocycles. The first kappa shape index (κ1) is 15.0. The molecule has 1 unspecified atom stereocenters. The van der Waals surface area contributed by atoms with Gasteiger partial charge in [0.05, 0.1) is 0 Å². The zero-order chi connectivity index (χ0) is 14.1. The lowest BCUT2D eigenvalue weighted by Gasteiger charge is -2.15.